The molecule has 0 aliphatic rings. The van der Waals surface area contributed by atoms with Crippen molar-refractivity contribution in [3.05, 3.63) is 0 Å². The van der Waals surface area contributed by atoms with E-state index in [1.165, 1.54) is 0 Å². The van der Waals surface area contributed by atoms with Gasteiger partial charge in [0, 0.05) is 23.6 Å². The molecule has 0 rings (SSSR count). The number of quaternary nitrogens is 2. The van der Waals surface area contributed by atoms with Gasteiger partial charge in [-0.05, 0) is 13.8 Å². The van der Waals surface area contributed by atoms with E-state index in [4.69, 9.17) is 27.0 Å². The zero-order valence-electron chi connectivity index (χ0n) is 10.5. The smallest absolute Gasteiger partial charge is 0.0977 e. The van der Waals surface area contributed by atoms with Gasteiger partial charge in [-0.1, -0.05) is 0 Å². The van der Waals surface area contributed by atoms with Gasteiger partial charge in [-0.2, -0.15) is 0 Å². The van der Waals surface area contributed by atoms with E-state index >= 15 is 0 Å². The Morgan fingerprint density at radius 2 is 1.18 bits per heavy atom. The van der Waals surface area contributed by atoms with Crippen LogP contribution in [0.1, 0.15) is 13.8 Å². The van der Waals surface area contributed by atoms with Crippen LogP contribution in [-0.2, 0) is 19.9 Å². The molecule has 0 aromatic rings. The molecule has 6 N–H and O–H groups in total. The Hall–Kier alpha value is -0.290. The van der Waals surface area contributed by atoms with Crippen molar-refractivity contribution in [3.8, 4) is 0 Å². The topological polar surface area (TPSA) is 154 Å². The molecule has 0 bridgehead atoms. The van der Waals surface area contributed by atoms with Crippen molar-refractivity contribution >= 4 is 10.4 Å². The van der Waals surface area contributed by atoms with Gasteiger partial charge in [0.2, 0.25) is 0 Å². The molecule has 0 aromatic carbocycles. The average molecular weight is 276 g/mol. The van der Waals surface area contributed by atoms with Crippen LogP contribution in [0, 0.1) is 0 Å². The Morgan fingerprint density at radius 3 is 1.24 bits per heavy atom. The Labute approximate surface area is 103 Å². The van der Waals surface area contributed by atoms with Crippen LogP contribution in [0.15, 0.2) is 0 Å². The van der Waals surface area contributed by atoms with Crippen LogP contribution in [0.3, 0.4) is 0 Å². The molecule has 0 saturated carbocycles. The molecular formula is C8H24N2O6S. The van der Waals surface area contributed by atoms with Crippen molar-refractivity contribution in [2.45, 2.75) is 13.8 Å². The molecule has 0 saturated heterocycles. The molecular weight excluding hydrogens is 252 g/mol. The minimum atomic E-state index is -5.17. The maximum atomic E-state index is 8.52. The second-order valence-electron chi connectivity index (χ2n) is 2.51. The monoisotopic (exact) mass is 276 g/mol. The zero-order valence-corrected chi connectivity index (χ0v) is 11.3. The van der Waals surface area contributed by atoms with E-state index in [0.29, 0.717) is 0 Å². The van der Waals surface area contributed by atoms with Crippen LogP contribution in [-0.4, -0.2) is 57.0 Å². The first-order chi connectivity index (χ1) is 7.83. The molecule has 108 valence electrons. The van der Waals surface area contributed by atoms with Gasteiger partial charge in [-0.25, -0.2) is 0 Å². The molecule has 0 spiro atoms. The average Bonchev–Trinajstić information content (AvgIpc) is 2.22. The highest BCUT2D eigenvalue weighted by Gasteiger charge is 1.76. The summed E-state index contributed by atoms with van der Waals surface area (Å²) in [6, 6.07) is 0. The Bertz CT molecular complexity index is 186. The summed E-state index contributed by atoms with van der Waals surface area (Å²) in [7, 11) is -5.17. The van der Waals surface area contributed by atoms with Crippen LogP contribution < -0.4 is 11.5 Å². The third-order valence-electron chi connectivity index (χ3n) is 0.986. The molecule has 0 aliphatic heterocycles. The first-order valence-electron chi connectivity index (χ1n) is 5.24. The Balaban J connectivity index is -0.000000174. The number of hydrogen-bond acceptors (Lipinski definition) is 6. The third-order valence-corrected chi connectivity index (χ3v) is 0.986. The summed E-state index contributed by atoms with van der Waals surface area (Å²) in [4.78, 5) is 0. The summed E-state index contributed by atoms with van der Waals surface area (Å²) in [5.74, 6) is 0. The molecule has 0 heterocycles. The molecule has 0 aromatic heterocycles. The highest BCUT2D eigenvalue weighted by atomic mass is 32.3. The van der Waals surface area contributed by atoms with Gasteiger partial charge >= 0.3 is 0 Å². The number of rotatable bonds is 6. The van der Waals surface area contributed by atoms with E-state index in [1.54, 1.807) is 0 Å². The molecule has 0 radical (unpaired) electrons. The number of ether oxygens (including phenoxy) is 2. The van der Waals surface area contributed by atoms with Gasteiger partial charge in [-0.3, -0.25) is 8.42 Å². The van der Waals surface area contributed by atoms with Crippen molar-refractivity contribution < 1.29 is 38.5 Å². The molecule has 0 fully saturated rings. The lowest BCUT2D eigenvalue weighted by atomic mass is 10.7. The van der Waals surface area contributed by atoms with Crippen LogP contribution in [0.25, 0.3) is 0 Å². The number of hydrogen-bond donors (Lipinski definition) is 2. The first kappa shape index (κ1) is 21.9. The lowest BCUT2D eigenvalue weighted by Crippen LogP contribution is -2.52. The fourth-order valence-corrected chi connectivity index (χ4v) is 0.493. The second-order valence-corrected chi connectivity index (χ2v) is 3.33. The summed E-state index contributed by atoms with van der Waals surface area (Å²) in [6.45, 7) is 8.96. The van der Waals surface area contributed by atoms with Gasteiger partial charge in [0.15, 0.2) is 0 Å². The van der Waals surface area contributed by atoms with Crippen molar-refractivity contribution in [3.63, 3.8) is 0 Å². The zero-order chi connectivity index (χ0) is 14.2. The standard InChI is InChI=1S/2C4H11NO.H2O4S/c2*1-2-6-4-3-5;1-5(2,3)4/h2*2-5H2,1H3;(H2,1,2,3,4). The lowest BCUT2D eigenvalue weighted by Gasteiger charge is -2.06. The fourth-order valence-electron chi connectivity index (χ4n) is 0.493. The van der Waals surface area contributed by atoms with Gasteiger partial charge in [-0.15, -0.1) is 0 Å². The van der Waals surface area contributed by atoms with Gasteiger partial charge in [0.1, 0.15) is 0 Å². The van der Waals surface area contributed by atoms with Crippen molar-refractivity contribution in [1.29, 1.82) is 0 Å². The van der Waals surface area contributed by atoms with Crippen LogP contribution in [0.2, 0.25) is 0 Å². The third kappa shape index (κ3) is 90.6. The molecule has 0 aliphatic carbocycles. The van der Waals surface area contributed by atoms with Crippen LogP contribution in [0.4, 0.5) is 0 Å². The van der Waals surface area contributed by atoms with E-state index in [9.17, 15) is 0 Å². The normalized spacial score (nSPS) is 9.76. The van der Waals surface area contributed by atoms with E-state index in [1.807, 2.05) is 13.8 Å². The molecule has 0 amide bonds. The van der Waals surface area contributed by atoms with E-state index in [-0.39, 0.29) is 0 Å². The largest absolute Gasteiger partial charge is 0.759 e. The maximum Gasteiger partial charge on any atom is 0.0977 e. The summed E-state index contributed by atoms with van der Waals surface area (Å²) in [6.07, 6.45) is 0. The molecule has 17 heavy (non-hydrogen) atoms. The molecule has 9 heteroatoms. The second kappa shape index (κ2) is 18.1. The quantitative estimate of drug-likeness (QED) is 0.303. The lowest BCUT2D eigenvalue weighted by molar-refractivity contribution is -0.374. The Kier molecular flexibility index (Phi) is 23.3. The predicted octanol–water partition coefficient (Wildman–Crippen LogP) is -2.81. The predicted molar refractivity (Wildman–Crippen MR) is 59.0 cm³/mol. The molecule has 0 atom stereocenters. The highest BCUT2D eigenvalue weighted by Crippen LogP contribution is 1.64. The van der Waals surface area contributed by atoms with Crippen molar-refractivity contribution in [2.24, 2.45) is 0 Å². The van der Waals surface area contributed by atoms with Crippen molar-refractivity contribution in [2.75, 3.05) is 39.5 Å². The first-order valence-corrected chi connectivity index (χ1v) is 6.57. The highest BCUT2D eigenvalue weighted by molar-refractivity contribution is 7.79. The van der Waals surface area contributed by atoms with E-state index in [0.717, 1.165) is 39.5 Å². The summed E-state index contributed by atoms with van der Waals surface area (Å²) < 4.78 is 43.9. The van der Waals surface area contributed by atoms with Gasteiger partial charge < -0.3 is 30.0 Å². The minimum Gasteiger partial charge on any atom is -0.759 e. The van der Waals surface area contributed by atoms with E-state index in [2.05, 4.69) is 11.5 Å². The van der Waals surface area contributed by atoms with Crippen LogP contribution >= 0.6 is 0 Å². The molecule has 0 unspecified atom stereocenters. The molecule has 8 nitrogen and oxygen atoms in total. The summed E-state index contributed by atoms with van der Waals surface area (Å²) >= 11 is 0. The SMILES string of the molecule is CCOCC[NH3+].CCOCC[NH3+].O=S(=O)([O-])[O-]. The maximum absolute atomic E-state index is 8.52. The van der Waals surface area contributed by atoms with E-state index < -0.39 is 10.4 Å². The van der Waals surface area contributed by atoms with Crippen molar-refractivity contribution in [1.82, 2.24) is 0 Å². The van der Waals surface area contributed by atoms with Crippen LogP contribution in [0.5, 0.6) is 0 Å². The summed E-state index contributed by atoms with van der Waals surface area (Å²) in [5.41, 5.74) is 7.20. The summed E-state index contributed by atoms with van der Waals surface area (Å²) in [5, 5.41) is 0. The van der Waals surface area contributed by atoms with Gasteiger partial charge in [0.05, 0.1) is 26.3 Å². The fraction of sp³-hybridized carbons (Fsp3) is 1.00. The minimum absolute atomic E-state index is 0.802. The van der Waals surface area contributed by atoms with Gasteiger partial charge in [0.25, 0.3) is 0 Å². The Morgan fingerprint density at radius 1 is 0.941 bits per heavy atom.